The lowest BCUT2D eigenvalue weighted by atomic mass is 10.2. The Morgan fingerprint density at radius 3 is 2.61 bits per heavy atom. The number of nitrogens with one attached hydrogen (secondary N) is 2. The van der Waals surface area contributed by atoms with Crippen LogP contribution >= 0.6 is 0 Å². The molecule has 3 rings (SSSR count). The second kappa shape index (κ2) is 8.64. The fraction of sp³-hybridized carbons (Fsp3) is 0.143. The zero-order valence-corrected chi connectivity index (χ0v) is 15.6. The highest BCUT2D eigenvalue weighted by molar-refractivity contribution is 6.04. The summed E-state index contributed by atoms with van der Waals surface area (Å²) in [7, 11) is 0. The van der Waals surface area contributed by atoms with Gasteiger partial charge in [0.15, 0.2) is 0 Å². The fourth-order valence-electron chi connectivity index (χ4n) is 2.56. The number of rotatable bonds is 6. The molecule has 0 fully saturated rings. The summed E-state index contributed by atoms with van der Waals surface area (Å²) in [6.07, 6.45) is 0. The Bertz CT molecular complexity index is 1030. The minimum atomic E-state index is -0.361. The Kier molecular flexibility index (Phi) is 5.82. The second-order valence-electron chi connectivity index (χ2n) is 5.88. The molecule has 0 aliphatic carbocycles. The number of carbonyl (C=O) groups is 1. The molecule has 1 aromatic heterocycles. The number of amides is 1. The van der Waals surface area contributed by atoms with E-state index in [4.69, 9.17) is 10.00 Å². The maximum atomic E-state index is 12.7. The molecule has 2 N–H and O–H groups in total. The zero-order valence-electron chi connectivity index (χ0n) is 15.6. The Morgan fingerprint density at radius 1 is 1.14 bits per heavy atom. The van der Waals surface area contributed by atoms with Gasteiger partial charge in [0, 0.05) is 11.8 Å². The van der Waals surface area contributed by atoms with Gasteiger partial charge in [-0.1, -0.05) is 12.1 Å². The molecule has 0 saturated carbocycles. The number of nitriles is 1. The van der Waals surface area contributed by atoms with Crippen molar-refractivity contribution in [2.24, 2.45) is 0 Å². The van der Waals surface area contributed by atoms with E-state index in [1.807, 2.05) is 19.1 Å². The van der Waals surface area contributed by atoms with Crippen LogP contribution in [0.15, 0.2) is 54.6 Å². The summed E-state index contributed by atoms with van der Waals surface area (Å²) >= 11 is 0. The van der Waals surface area contributed by atoms with E-state index in [2.05, 4.69) is 26.7 Å². The highest BCUT2D eigenvalue weighted by Gasteiger charge is 2.13. The molecule has 0 aliphatic rings. The summed E-state index contributed by atoms with van der Waals surface area (Å²) in [5.74, 6) is 1.18. The Hall–Kier alpha value is -3.92. The number of aryl methyl sites for hydroxylation is 1. The number of para-hydroxylation sites is 2. The SMILES string of the molecule is CCOc1ccccc1NC(=O)c1cc(Nc2ccc(C#N)cc2)nc(C)n1. The highest BCUT2D eigenvalue weighted by atomic mass is 16.5. The molecule has 3 aromatic rings. The Balaban J connectivity index is 1.80. The second-order valence-corrected chi connectivity index (χ2v) is 5.88. The van der Waals surface area contributed by atoms with Gasteiger partial charge in [0.1, 0.15) is 23.1 Å². The number of aromatic nitrogens is 2. The van der Waals surface area contributed by atoms with Crippen molar-refractivity contribution in [2.45, 2.75) is 13.8 Å². The van der Waals surface area contributed by atoms with Crippen LogP contribution < -0.4 is 15.4 Å². The van der Waals surface area contributed by atoms with E-state index in [0.717, 1.165) is 5.69 Å². The lowest BCUT2D eigenvalue weighted by Gasteiger charge is -2.12. The lowest BCUT2D eigenvalue weighted by molar-refractivity contribution is 0.102. The van der Waals surface area contributed by atoms with Crippen LogP contribution in [-0.4, -0.2) is 22.5 Å². The van der Waals surface area contributed by atoms with Gasteiger partial charge in [-0.2, -0.15) is 5.26 Å². The van der Waals surface area contributed by atoms with Crippen LogP contribution in [0.1, 0.15) is 28.8 Å². The van der Waals surface area contributed by atoms with Crippen LogP contribution in [0.2, 0.25) is 0 Å². The third-order valence-electron chi connectivity index (χ3n) is 3.79. The molecule has 2 aromatic carbocycles. The average molecular weight is 373 g/mol. The summed E-state index contributed by atoms with van der Waals surface area (Å²) in [6, 6.07) is 17.8. The van der Waals surface area contributed by atoms with Crippen LogP contribution in [0.25, 0.3) is 0 Å². The molecule has 7 nitrogen and oxygen atoms in total. The molecular weight excluding hydrogens is 354 g/mol. The van der Waals surface area contributed by atoms with E-state index in [9.17, 15) is 4.79 Å². The number of anilines is 3. The standard InChI is InChI=1S/C21H19N5O2/c1-3-28-19-7-5-4-6-17(19)26-21(27)18-12-20(24-14(2)23-18)25-16-10-8-15(13-22)9-11-16/h4-12H,3H2,1-2H3,(H,26,27)(H,23,24,25). The van der Waals surface area contributed by atoms with Crippen molar-refractivity contribution in [1.29, 1.82) is 5.26 Å². The quantitative estimate of drug-likeness (QED) is 0.676. The van der Waals surface area contributed by atoms with Crippen molar-refractivity contribution in [3.63, 3.8) is 0 Å². The maximum Gasteiger partial charge on any atom is 0.274 e. The van der Waals surface area contributed by atoms with Crippen LogP contribution in [0.5, 0.6) is 5.75 Å². The minimum absolute atomic E-state index is 0.231. The van der Waals surface area contributed by atoms with Crippen LogP contribution in [0.3, 0.4) is 0 Å². The number of hydrogen-bond acceptors (Lipinski definition) is 6. The summed E-state index contributed by atoms with van der Waals surface area (Å²) in [5.41, 5.74) is 2.13. The van der Waals surface area contributed by atoms with E-state index >= 15 is 0 Å². The van der Waals surface area contributed by atoms with Gasteiger partial charge in [-0.3, -0.25) is 4.79 Å². The van der Waals surface area contributed by atoms with Crippen molar-refractivity contribution in [1.82, 2.24) is 9.97 Å². The third kappa shape index (κ3) is 4.62. The first-order valence-corrected chi connectivity index (χ1v) is 8.75. The summed E-state index contributed by atoms with van der Waals surface area (Å²) in [4.78, 5) is 21.2. The first-order chi connectivity index (χ1) is 13.6. The van der Waals surface area contributed by atoms with Gasteiger partial charge in [-0.25, -0.2) is 9.97 Å². The van der Waals surface area contributed by atoms with Crippen molar-refractivity contribution in [3.8, 4) is 11.8 Å². The van der Waals surface area contributed by atoms with E-state index in [1.165, 1.54) is 0 Å². The van der Waals surface area contributed by atoms with Crippen molar-refractivity contribution < 1.29 is 9.53 Å². The maximum absolute atomic E-state index is 12.7. The molecule has 7 heteroatoms. The smallest absolute Gasteiger partial charge is 0.274 e. The van der Waals surface area contributed by atoms with Crippen LogP contribution in [-0.2, 0) is 0 Å². The largest absolute Gasteiger partial charge is 0.492 e. The van der Waals surface area contributed by atoms with E-state index < -0.39 is 0 Å². The van der Waals surface area contributed by atoms with Gasteiger partial charge < -0.3 is 15.4 Å². The van der Waals surface area contributed by atoms with Crippen molar-refractivity contribution in [3.05, 3.63) is 71.7 Å². The summed E-state index contributed by atoms with van der Waals surface area (Å²) in [5, 5.41) is 14.8. The molecular formula is C21H19N5O2. The normalized spacial score (nSPS) is 10.0. The average Bonchev–Trinajstić information content (AvgIpc) is 2.70. The molecule has 0 aliphatic heterocycles. The Labute approximate surface area is 163 Å². The van der Waals surface area contributed by atoms with E-state index in [-0.39, 0.29) is 11.6 Å². The molecule has 0 saturated heterocycles. The molecule has 0 bridgehead atoms. The van der Waals surface area contributed by atoms with Gasteiger partial charge in [-0.05, 0) is 50.2 Å². The van der Waals surface area contributed by atoms with Crippen LogP contribution in [0.4, 0.5) is 17.2 Å². The third-order valence-corrected chi connectivity index (χ3v) is 3.79. The van der Waals surface area contributed by atoms with Crippen LogP contribution in [0, 0.1) is 18.3 Å². The Morgan fingerprint density at radius 2 is 1.89 bits per heavy atom. The van der Waals surface area contributed by atoms with Gasteiger partial charge in [0.05, 0.1) is 23.9 Å². The van der Waals surface area contributed by atoms with Gasteiger partial charge in [-0.15, -0.1) is 0 Å². The zero-order chi connectivity index (χ0) is 19.9. The molecule has 140 valence electrons. The molecule has 1 heterocycles. The predicted molar refractivity (Wildman–Crippen MR) is 107 cm³/mol. The molecule has 28 heavy (non-hydrogen) atoms. The number of carbonyl (C=O) groups excluding carboxylic acids is 1. The van der Waals surface area contributed by atoms with Gasteiger partial charge in [0.2, 0.25) is 0 Å². The minimum Gasteiger partial charge on any atom is -0.492 e. The summed E-state index contributed by atoms with van der Waals surface area (Å²) < 4.78 is 5.54. The summed E-state index contributed by atoms with van der Waals surface area (Å²) in [6.45, 7) is 4.10. The van der Waals surface area contributed by atoms with Crippen molar-refractivity contribution >= 4 is 23.1 Å². The molecule has 0 unspecified atom stereocenters. The predicted octanol–water partition coefficient (Wildman–Crippen LogP) is 4.05. The van der Waals surface area contributed by atoms with Gasteiger partial charge >= 0.3 is 0 Å². The molecule has 0 spiro atoms. The number of hydrogen-bond donors (Lipinski definition) is 2. The topological polar surface area (TPSA) is 99.9 Å². The first-order valence-electron chi connectivity index (χ1n) is 8.75. The monoisotopic (exact) mass is 373 g/mol. The lowest BCUT2D eigenvalue weighted by Crippen LogP contribution is -2.16. The highest BCUT2D eigenvalue weighted by Crippen LogP contribution is 2.24. The van der Waals surface area contributed by atoms with E-state index in [0.29, 0.717) is 35.2 Å². The van der Waals surface area contributed by atoms with Crippen molar-refractivity contribution in [2.75, 3.05) is 17.2 Å². The van der Waals surface area contributed by atoms with Gasteiger partial charge in [0.25, 0.3) is 5.91 Å². The fourth-order valence-corrected chi connectivity index (χ4v) is 2.56. The molecule has 0 radical (unpaired) electrons. The van der Waals surface area contributed by atoms with E-state index in [1.54, 1.807) is 49.4 Å². The number of nitrogens with zero attached hydrogens (tertiary/aromatic N) is 3. The number of benzene rings is 2. The molecule has 0 atom stereocenters. The first kappa shape index (κ1) is 18.9. The number of ether oxygens (including phenoxy) is 1. The molecule has 1 amide bonds.